The molecule has 1 amide bonds. The lowest BCUT2D eigenvalue weighted by molar-refractivity contribution is -0.115. The Morgan fingerprint density at radius 3 is 2.59 bits per heavy atom. The second-order valence-electron chi connectivity index (χ2n) is 6.35. The van der Waals surface area contributed by atoms with Crippen molar-refractivity contribution in [3.05, 3.63) is 93.9 Å². The lowest BCUT2D eigenvalue weighted by Crippen LogP contribution is -2.19. The second kappa shape index (κ2) is 8.55. The Hall–Kier alpha value is -3.02. The van der Waals surface area contributed by atoms with Gasteiger partial charge in [0.25, 0.3) is 5.91 Å². The Balaban J connectivity index is 1.54. The van der Waals surface area contributed by atoms with Crippen molar-refractivity contribution in [2.24, 2.45) is 4.99 Å². The topological polar surface area (TPSA) is 50.7 Å². The Morgan fingerprint density at radius 1 is 1.00 bits per heavy atom. The molecule has 1 heterocycles. The number of thioether (sulfide) groups is 1. The minimum absolute atomic E-state index is 0.178. The maximum Gasteiger partial charge on any atom is 0.264 e. The predicted octanol–water partition coefficient (Wildman–Crippen LogP) is 6.33. The summed E-state index contributed by atoms with van der Waals surface area (Å²) in [5.41, 5.74) is 2.48. The van der Waals surface area contributed by atoms with E-state index in [-0.39, 0.29) is 5.91 Å². The summed E-state index contributed by atoms with van der Waals surface area (Å²) in [6, 6.07) is 22.7. The summed E-state index contributed by atoms with van der Waals surface area (Å²) in [6.45, 7) is 1.90. The number of rotatable bonds is 4. The molecule has 3 aromatic carbocycles. The van der Waals surface area contributed by atoms with E-state index in [9.17, 15) is 4.79 Å². The van der Waals surface area contributed by atoms with Gasteiger partial charge in [0.05, 0.1) is 10.6 Å². The molecule has 3 aromatic rings. The Morgan fingerprint density at radius 2 is 1.76 bits per heavy atom. The van der Waals surface area contributed by atoms with Gasteiger partial charge in [-0.25, -0.2) is 4.99 Å². The van der Waals surface area contributed by atoms with E-state index in [2.05, 4.69) is 10.3 Å². The molecule has 0 aromatic heterocycles. The number of benzene rings is 3. The summed E-state index contributed by atoms with van der Waals surface area (Å²) in [5.74, 6) is 1.29. The van der Waals surface area contributed by atoms with E-state index >= 15 is 0 Å². The number of carbonyl (C=O) groups is 1. The Kier molecular flexibility index (Phi) is 5.69. The molecule has 29 heavy (non-hydrogen) atoms. The molecule has 0 unspecified atom stereocenters. The van der Waals surface area contributed by atoms with Crippen molar-refractivity contribution < 1.29 is 9.53 Å². The number of aliphatic imine (C=N–C) groups is 1. The normalized spacial score (nSPS) is 16.3. The molecule has 0 atom stereocenters. The predicted molar refractivity (Wildman–Crippen MR) is 120 cm³/mol. The highest BCUT2D eigenvalue weighted by atomic mass is 35.5. The highest BCUT2D eigenvalue weighted by Crippen LogP contribution is 2.31. The third-order valence-electron chi connectivity index (χ3n) is 4.25. The molecule has 0 aliphatic carbocycles. The van der Waals surface area contributed by atoms with Crippen LogP contribution in [0.25, 0.3) is 6.08 Å². The molecule has 1 aliphatic heterocycles. The lowest BCUT2D eigenvalue weighted by atomic mass is 10.2. The van der Waals surface area contributed by atoms with Crippen molar-refractivity contribution in [3.63, 3.8) is 0 Å². The van der Waals surface area contributed by atoms with Gasteiger partial charge < -0.3 is 10.1 Å². The number of hydrogen-bond acceptors (Lipinski definition) is 4. The molecule has 6 heteroatoms. The first-order valence-electron chi connectivity index (χ1n) is 8.96. The molecule has 1 N–H and O–H groups in total. The average molecular weight is 421 g/mol. The molecule has 144 valence electrons. The van der Waals surface area contributed by atoms with Crippen LogP contribution >= 0.6 is 23.4 Å². The van der Waals surface area contributed by atoms with Gasteiger partial charge in [-0.05, 0) is 72.3 Å². The fraction of sp³-hybridized carbons (Fsp3) is 0.0435. The number of carbonyl (C=O) groups excluding carboxylic acids is 1. The first-order chi connectivity index (χ1) is 14.1. The summed E-state index contributed by atoms with van der Waals surface area (Å²) in [5, 5.41) is 3.98. The van der Waals surface area contributed by atoms with Gasteiger partial charge >= 0.3 is 0 Å². The van der Waals surface area contributed by atoms with Crippen LogP contribution in [0, 0.1) is 6.92 Å². The van der Waals surface area contributed by atoms with Gasteiger partial charge in [0.2, 0.25) is 0 Å². The summed E-state index contributed by atoms with van der Waals surface area (Å²) in [7, 11) is 0. The first-order valence-corrected chi connectivity index (χ1v) is 10.2. The molecule has 0 radical (unpaired) electrons. The number of halogens is 1. The van der Waals surface area contributed by atoms with E-state index in [1.165, 1.54) is 11.8 Å². The number of nitrogens with one attached hydrogen (secondary N) is 1. The molecular weight excluding hydrogens is 404 g/mol. The smallest absolute Gasteiger partial charge is 0.264 e. The quantitative estimate of drug-likeness (QED) is 0.501. The zero-order chi connectivity index (χ0) is 20.2. The van der Waals surface area contributed by atoms with Gasteiger partial charge in [-0.1, -0.05) is 48.0 Å². The third-order valence-corrected chi connectivity index (χ3v) is 5.57. The van der Waals surface area contributed by atoms with Crippen LogP contribution in [0.4, 0.5) is 5.69 Å². The van der Waals surface area contributed by atoms with Gasteiger partial charge in [-0.2, -0.15) is 0 Å². The van der Waals surface area contributed by atoms with Crippen LogP contribution in [-0.4, -0.2) is 11.1 Å². The second-order valence-corrected chi connectivity index (χ2v) is 7.79. The molecule has 4 rings (SSSR count). The average Bonchev–Trinajstić information content (AvgIpc) is 3.05. The summed E-state index contributed by atoms with van der Waals surface area (Å²) in [6.07, 6.45) is 1.82. The van der Waals surface area contributed by atoms with Crippen molar-refractivity contribution in [1.29, 1.82) is 0 Å². The van der Waals surface area contributed by atoms with Crippen LogP contribution in [0.3, 0.4) is 0 Å². The van der Waals surface area contributed by atoms with Gasteiger partial charge in [-0.15, -0.1) is 0 Å². The van der Waals surface area contributed by atoms with Crippen LogP contribution in [0.1, 0.15) is 11.1 Å². The van der Waals surface area contributed by atoms with Crippen LogP contribution in [0.5, 0.6) is 11.5 Å². The summed E-state index contributed by atoms with van der Waals surface area (Å²) in [4.78, 5) is 17.5. The van der Waals surface area contributed by atoms with Crippen LogP contribution in [0.15, 0.2) is 82.7 Å². The molecule has 1 saturated heterocycles. The van der Waals surface area contributed by atoms with Crippen molar-refractivity contribution in [2.75, 3.05) is 0 Å². The molecule has 1 aliphatic rings. The van der Waals surface area contributed by atoms with Gasteiger partial charge in [0.15, 0.2) is 5.17 Å². The van der Waals surface area contributed by atoms with Crippen molar-refractivity contribution >= 4 is 46.2 Å². The Labute approximate surface area is 178 Å². The first kappa shape index (κ1) is 19.3. The summed E-state index contributed by atoms with van der Waals surface area (Å²) < 4.78 is 5.86. The van der Waals surface area contributed by atoms with Crippen LogP contribution in [0.2, 0.25) is 5.02 Å². The number of nitrogens with zero attached hydrogens (tertiary/aromatic N) is 1. The molecule has 4 nitrogen and oxygen atoms in total. The molecule has 0 saturated carbocycles. The van der Waals surface area contributed by atoms with E-state index in [0.717, 1.165) is 22.6 Å². The Bertz CT molecular complexity index is 1130. The number of ether oxygens (including phenoxy) is 1. The fourth-order valence-corrected chi connectivity index (χ4v) is 3.76. The minimum Gasteiger partial charge on any atom is -0.457 e. The van der Waals surface area contributed by atoms with Crippen molar-refractivity contribution in [2.45, 2.75) is 6.92 Å². The number of amides is 1. The van der Waals surface area contributed by atoms with E-state index in [1.54, 1.807) is 0 Å². The van der Waals surface area contributed by atoms with E-state index < -0.39 is 0 Å². The lowest BCUT2D eigenvalue weighted by Gasteiger charge is -2.06. The third kappa shape index (κ3) is 4.70. The van der Waals surface area contributed by atoms with Crippen molar-refractivity contribution in [1.82, 2.24) is 5.32 Å². The standard InChI is InChI=1S/C23H17ClN2O2S/c1-15-19(24)11-6-12-20(15)25-23-26-22(27)21(29-23)14-16-7-5-10-18(13-16)28-17-8-3-2-4-9-17/h2-14H,1H3,(H,25,26,27)/b21-14+. The van der Waals surface area contributed by atoms with E-state index in [4.69, 9.17) is 16.3 Å². The highest BCUT2D eigenvalue weighted by molar-refractivity contribution is 8.18. The summed E-state index contributed by atoms with van der Waals surface area (Å²) >= 11 is 7.45. The number of hydrogen-bond donors (Lipinski definition) is 1. The van der Waals surface area contributed by atoms with Gasteiger partial charge in [0.1, 0.15) is 11.5 Å². The zero-order valence-electron chi connectivity index (χ0n) is 15.6. The van der Waals surface area contributed by atoms with Gasteiger partial charge in [0, 0.05) is 5.02 Å². The molecule has 0 bridgehead atoms. The fourth-order valence-electron chi connectivity index (χ4n) is 2.75. The van der Waals surface area contributed by atoms with Gasteiger partial charge in [-0.3, -0.25) is 4.79 Å². The van der Waals surface area contributed by atoms with Crippen molar-refractivity contribution in [3.8, 4) is 11.5 Å². The zero-order valence-corrected chi connectivity index (χ0v) is 17.1. The highest BCUT2D eigenvalue weighted by Gasteiger charge is 2.24. The molecular formula is C23H17ClN2O2S. The maximum atomic E-state index is 12.4. The van der Waals surface area contributed by atoms with E-state index in [0.29, 0.717) is 20.8 Å². The number of para-hydroxylation sites is 1. The SMILES string of the molecule is Cc1c(Cl)cccc1N=C1NC(=O)/C(=C\c2cccc(Oc3ccccc3)c2)S1. The van der Waals surface area contributed by atoms with Crippen LogP contribution in [-0.2, 0) is 4.79 Å². The molecule has 0 spiro atoms. The largest absolute Gasteiger partial charge is 0.457 e. The maximum absolute atomic E-state index is 12.4. The number of amidine groups is 1. The minimum atomic E-state index is -0.178. The van der Waals surface area contributed by atoms with E-state index in [1.807, 2.05) is 85.8 Å². The van der Waals surface area contributed by atoms with Crippen LogP contribution < -0.4 is 10.1 Å². The monoisotopic (exact) mass is 420 g/mol. The molecule has 1 fully saturated rings.